The number of rotatable bonds is 3. The molecule has 1 aromatic heterocycles. The van der Waals surface area contributed by atoms with Gasteiger partial charge in [0.05, 0.1) is 10.7 Å². The summed E-state index contributed by atoms with van der Waals surface area (Å²) in [5.41, 5.74) is 0.596. The molecule has 5 nitrogen and oxygen atoms in total. The number of nitrogens with one attached hydrogen (secondary N) is 1. The van der Waals surface area contributed by atoms with E-state index < -0.39 is 17.8 Å². The van der Waals surface area contributed by atoms with Crippen LogP contribution in [0.3, 0.4) is 0 Å². The average Bonchev–Trinajstić information content (AvgIpc) is 2.44. The summed E-state index contributed by atoms with van der Waals surface area (Å²) in [6.07, 6.45) is 0. The van der Waals surface area contributed by atoms with Gasteiger partial charge in [0.25, 0.3) is 5.56 Å². The minimum Gasteiger partial charge on any atom is -0.324 e. The van der Waals surface area contributed by atoms with Gasteiger partial charge in [-0.05, 0) is 38.1 Å². The molecule has 0 saturated heterocycles. The number of carbonyl (C=O) groups excluding carboxylic acids is 1. The molecule has 0 aliphatic heterocycles. The molecular weight excluding hydrogens is 297 g/mol. The van der Waals surface area contributed by atoms with Gasteiger partial charge in [0.1, 0.15) is 11.9 Å². The van der Waals surface area contributed by atoms with Crippen molar-refractivity contribution in [3.8, 4) is 0 Å². The molecule has 110 valence electrons. The Bertz CT molecular complexity index is 745. The summed E-state index contributed by atoms with van der Waals surface area (Å²) in [4.78, 5) is 23.8. The first kappa shape index (κ1) is 15.2. The Labute approximate surface area is 125 Å². The first-order valence-corrected chi connectivity index (χ1v) is 6.58. The van der Waals surface area contributed by atoms with Gasteiger partial charge in [0, 0.05) is 11.8 Å². The van der Waals surface area contributed by atoms with Gasteiger partial charge in [0.2, 0.25) is 5.91 Å². The highest BCUT2D eigenvalue weighted by Crippen LogP contribution is 2.20. The Hall–Kier alpha value is -2.21. The number of benzene rings is 1. The lowest BCUT2D eigenvalue weighted by atomic mass is 10.2. The summed E-state index contributed by atoms with van der Waals surface area (Å²) < 4.78 is 14.1. The number of aromatic nitrogens is 2. The molecule has 1 atom stereocenters. The van der Waals surface area contributed by atoms with Crippen LogP contribution in [0, 0.1) is 12.7 Å². The van der Waals surface area contributed by atoms with Crippen molar-refractivity contribution < 1.29 is 9.18 Å². The molecule has 0 saturated carbocycles. The van der Waals surface area contributed by atoms with E-state index in [4.69, 9.17) is 11.6 Å². The summed E-state index contributed by atoms with van der Waals surface area (Å²) in [6.45, 7) is 3.27. The quantitative estimate of drug-likeness (QED) is 0.947. The van der Waals surface area contributed by atoms with Crippen LogP contribution in [0.25, 0.3) is 0 Å². The monoisotopic (exact) mass is 309 g/mol. The zero-order valence-corrected chi connectivity index (χ0v) is 12.2. The van der Waals surface area contributed by atoms with Crippen LogP contribution in [0.4, 0.5) is 10.1 Å². The van der Waals surface area contributed by atoms with Crippen molar-refractivity contribution in [3.63, 3.8) is 0 Å². The second kappa shape index (κ2) is 6.05. The Kier molecular flexibility index (Phi) is 4.37. The van der Waals surface area contributed by atoms with Gasteiger partial charge in [-0.2, -0.15) is 5.10 Å². The molecule has 0 aliphatic rings. The van der Waals surface area contributed by atoms with E-state index in [0.717, 1.165) is 10.7 Å². The molecule has 2 aromatic rings. The number of hydrogen-bond acceptors (Lipinski definition) is 3. The van der Waals surface area contributed by atoms with E-state index in [-0.39, 0.29) is 10.6 Å². The zero-order chi connectivity index (χ0) is 15.6. The molecule has 0 aliphatic carbocycles. The second-order valence-electron chi connectivity index (χ2n) is 4.55. The molecule has 1 aromatic carbocycles. The highest BCUT2D eigenvalue weighted by Gasteiger charge is 2.17. The summed E-state index contributed by atoms with van der Waals surface area (Å²) in [5, 5.41) is 6.50. The standard InChI is InChI=1S/C14H13ClFN3O2/c1-8-3-6-13(20)19(18-8)9(2)14(21)17-10-4-5-12(16)11(15)7-10/h3-7,9H,1-2H3,(H,17,21). The second-order valence-corrected chi connectivity index (χ2v) is 4.96. The molecule has 1 amide bonds. The van der Waals surface area contributed by atoms with E-state index in [1.54, 1.807) is 19.9 Å². The third-order valence-corrected chi connectivity index (χ3v) is 3.18. The van der Waals surface area contributed by atoms with E-state index in [1.165, 1.54) is 18.2 Å². The topological polar surface area (TPSA) is 64.0 Å². The SMILES string of the molecule is Cc1ccc(=O)n(C(C)C(=O)Nc2ccc(F)c(Cl)c2)n1. The van der Waals surface area contributed by atoms with Crippen molar-refractivity contribution in [3.05, 3.63) is 57.2 Å². The van der Waals surface area contributed by atoms with E-state index >= 15 is 0 Å². The molecule has 21 heavy (non-hydrogen) atoms. The van der Waals surface area contributed by atoms with Crippen LogP contribution in [0.5, 0.6) is 0 Å². The molecule has 1 heterocycles. The fourth-order valence-electron chi connectivity index (χ4n) is 1.73. The highest BCUT2D eigenvalue weighted by molar-refractivity contribution is 6.31. The number of aryl methyl sites for hydroxylation is 1. The third-order valence-electron chi connectivity index (χ3n) is 2.89. The lowest BCUT2D eigenvalue weighted by Crippen LogP contribution is -2.33. The van der Waals surface area contributed by atoms with Gasteiger partial charge < -0.3 is 5.32 Å². The first-order chi connectivity index (χ1) is 9.88. The number of halogens is 2. The Morgan fingerprint density at radius 3 is 2.76 bits per heavy atom. The van der Waals surface area contributed by atoms with Gasteiger partial charge in [0.15, 0.2) is 0 Å². The molecule has 2 rings (SSSR count). The summed E-state index contributed by atoms with van der Waals surface area (Å²) in [6, 6.07) is 5.96. The summed E-state index contributed by atoms with van der Waals surface area (Å²) in [5.74, 6) is -1.02. The van der Waals surface area contributed by atoms with E-state index in [2.05, 4.69) is 10.4 Å². The third kappa shape index (κ3) is 3.46. The number of hydrogen-bond donors (Lipinski definition) is 1. The molecule has 1 N–H and O–H groups in total. The van der Waals surface area contributed by atoms with Crippen LogP contribution in [-0.4, -0.2) is 15.7 Å². The summed E-state index contributed by atoms with van der Waals surface area (Å²) >= 11 is 5.65. The molecule has 0 bridgehead atoms. The molecule has 0 fully saturated rings. The summed E-state index contributed by atoms with van der Waals surface area (Å²) in [7, 11) is 0. The van der Waals surface area contributed by atoms with Crippen LogP contribution < -0.4 is 10.9 Å². The lowest BCUT2D eigenvalue weighted by Gasteiger charge is -2.14. The van der Waals surface area contributed by atoms with Gasteiger partial charge in [-0.15, -0.1) is 0 Å². The number of carbonyl (C=O) groups is 1. The maximum Gasteiger partial charge on any atom is 0.267 e. The van der Waals surface area contributed by atoms with Gasteiger partial charge in [-0.25, -0.2) is 9.07 Å². The fraction of sp³-hybridized carbons (Fsp3) is 0.214. The van der Waals surface area contributed by atoms with Crippen molar-refractivity contribution in [2.24, 2.45) is 0 Å². The van der Waals surface area contributed by atoms with Crippen LogP contribution in [0.2, 0.25) is 5.02 Å². The van der Waals surface area contributed by atoms with Crippen molar-refractivity contribution in [2.45, 2.75) is 19.9 Å². The van der Waals surface area contributed by atoms with Crippen LogP contribution in [0.1, 0.15) is 18.7 Å². The van der Waals surface area contributed by atoms with Crippen molar-refractivity contribution in [2.75, 3.05) is 5.32 Å². The zero-order valence-electron chi connectivity index (χ0n) is 11.4. The normalized spacial score (nSPS) is 12.0. The van der Waals surface area contributed by atoms with Gasteiger partial charge in [-0.3, -0.25) is 9.59 Å². The smallest absolute Gasteiger partial charge is 0.267 e. The first-order valence-electron chi connectivity index (χ1n) is 6.21. The average molecular weight is 310 g/mol. The van der Waals surface area contributed by atoms with E-state index in [9.17, 15) is 14.0 Å². The van der Waals surface area contributed by atoms with Crippen LogP contribution in [-0.2, 0) is 4.79 Å². The predicted molar refractivity (Wildman–Crippen MR) is 78.0 cm³/mol. The van der Waals surface area contributed by atoms with Crippen molar-refractivity contribution in [1.29, 1.82) is 0 Å². The lowest BCUT2D eigenvalue weighted by molar-refractivity contribution is -0.119. The number of amides is 1. The van der Waals surface area contributed by atoms with Crippen LogP contribution in [0.15, 0.2) is 35.1 Å². The van der Waals surface area contributed by atoms with Crippen LogP contribution >= 0.6 is 11.6 Å². The largest absolute Gasteiger partial charge is 0.324 e. The molecule has 0 spiro atoms. The minimum absolute atomic E-state index is 0.0914. The number of nitrogens with zero attached hydrogens (tertiary/aromatic N) is 2. The molecule has 0 radical (unpaired) electrons. The van der Waals surface area contributed by atoms with Crippen molar-refractivity contribution >= 4 is 23.2 Å². The maximum atomic E-state index is 13.1. The minimum atomic E-state index is -0.804. The molecular formula is C14H13ClFN3O2. The number of anilines is 1. The Balaban J connectivity index is 2.21. The maximum absolute atomic E-state index is 13.1. The predicted octanol–water partition coefficient (Wildman–Crippen LogP) is 2.54. The fourth-order valence-corrected chi connectivity index (χ4v) is 1.91. The van der Waals surface area contributed by atoms with E-state index in [0.29, 0.717) is 11.4 Å². The van der Waals surface area contributed by atoms with Gasteiger partial charge >= 0.3 is 0 Å². The molecule has 1 unspecified atom stereocenters. The molecule has 7 heteroatoms. The van der Waals surface area contributed by atoms with E-state index in [1.807, 2.05) is 0 Å². The van der Waals surface area contributed by atoms with Crippen molar-refractivity contribution in [1.82, 2.24) is 9.78 Å². The van der Waals surface area contributed by atoms with Gasteiger partial charge in [-0.1, -0.05) is 11.6 Å². The Morgan fingerprint density at radius 2 is 2.10 bits per heavy atom. The highest BCUT2D eigenvalue weighted by atomic mass is 35.5. The Morgan fingerprint density at radius 1 is 1.38 bits per heavy atom.